The maximum Gasteiger partial charge on any atom is 0.263 e. The number of carbonyl (C=O) groups excluding carboxylic acids is 1. The zero-order valence-electron chi connectivity index (χ0n) is 10.9. The molecule has 0 N–H and O–H groups in total. The summed E-state index contributed by atoms with van der Waals surface area (Å²) >= 11 is 3.31. The summed E-state index contributed by atoms with van der Waals surface area (Å²) in [6, 6.07) is 7.27. The van der Waals surface area contributed by atoms with Gasteiger partial charge in [0.2, 0.25) is 0 Å². The SMILES string of the molecule is COc1ccc(F)cc1C(=O)N(C)c1cc(Br)ccn1. The molecule has 0 radical (unpaired) electrons. The molecular weight excluding hydrogens is 327 g/mol. The van der Waals surface area contributed by atoms with Crippen molar-refractivity contribution in [2.75, 3.05) is 19.1 Å². The van der Waals surface area contributed by atoms with E-state index in [4.69, 9.17) is 4.74 Å². The standard InChI is InChI=1S/C14H12BrFN2O2/c1-18(13-7-9(15)5-6-17-13)14(19)11-8-10(16)3-4-12(11)20-2/h3-8H,1-2H3. The van der Waals surface area contributed by atoms with Crippen LogP contribution < -0.4 is 9.64 Å². The normalized spacial score (nSPS) is 10.2. The van der Waals surface area contributed by atoms with E-state index in [0.29, 0.717) is 11.6 Å². The van der Waals surface area contributed by atoms with Crippen molar-refractivity contribution in [3.63, 3.8) is 0 Å². The number of aromatic nitrogens is 1. The second kappa shape index (κ2) is 6.00. The van der Waals surface area contributed by atoms with Gasteiger partial charge in [-0.2, -0.15) is 0 Å². The van der Waals surface area contributed by atoms with Gasteiger partial charge in [0, 0.05) is 17.7 Å². The lowest BCUT2D eigenvalue weighted by Crippen LogP contribution is -2.27. The second-order valence-electron chi connectivity index (χ2n) is 4.04. The first-order chi connectivity index (χ1) is 9.52. The number of benzene rings is 1. The zero-order chi connectivity index (χ0) is 14.7. The molecule has 0 saturated carbocycles. The Labute approximate surface area is 124 Å². The van der Waals surface area contributed by atoms with E-state index < -0.39 is 11.7 Å². The van der Waals surface area contributed by atoms with Crippen LogP contribution in [0.4, 0.5) is 10.2 Å². The highest BCUT2D eigenvalue weighted by atomic mass is 79.9. The molecule has 1 aromatic carbocycles. The number of amides is 1. The largest absolute Gasteiger partial charge is 0.496 e. The molecule has 0 atom stereocenters. The Kier molecular flexibility index (Phi) is 4.34. The number of halogens is 2. The molecule has 0 aliphatic heterocycles. The Hall–Kier alpha value is -1.95. The van der Waals surface area contributed by atoms with E-state index >= 15 is 0 Å². The summed E-state index contributed by atoms with van der Waals surface area (Å²) in [6.45, 7) is 0. The molecule has 1 aromatic heterocycles. The fourth-order valence-corrected chi connectivity index (χ4v) is 2.03. The number of nitrogens with zero attached hydrogens (tertiary/aromatic N) is 2. The van der Waals surface area contributed by atoms with Crippen molar-refractivity contribution >= 4 is 27.7 Å². The average molecular weight is 339 g/mol. The molecule has 0 aliphatic rings. The third kappa shape index (κ3) is 2.96. The smallest absolute Gasteiger partial charge is 0.263 e. The fraction of sp³-hybridized carbons (Fsp3) is 0.143. The number of pyridine rings is 1. The van der Waals surface area contributed by atoms with Gasteiger partial charge in [-0.3, -0.25) is 9.69 Å². The molecule has 0 unspecified atom stereocenters. The van der Waals surface area contributed by atoms with Crippen LogP contribution in [0.15, 0.2) is 41.0 Å². The average Bonchev–Trinajstić information content (AvgIpc) is 2.45. The Bertz CT molecular complexity index is 649. The molecule has 4 nitrogen and oxygen atoms in total. The lowest BCUT2D eigenvalue weighted by molar-refractivity contribution is 0.0989. The predicted molar refractivity (Wildman–Crippen MR) is 77.6 cm³/mol. The van der Waals surface area contributed by atoms with Gasteiger partial charge >= 0.3 is 0 Å². The molecule has 0 saturated heterocycles. The van der Waals surface area contributed by atoms with Gasteiger partial charge in [0.15, 0.2) is 0 Å². The van der Waals surface area contributed by atoms with Gasteiger partial charge in [-0.1, -0.05) is 15.9 Å². The van der Waals surface area contributed by atoms with Gasteiger partial charge < -0.3 is 4.74 Å². The van der Waals surface area contributed by atoms with E-state index in [9.17, 15) is 9.18 Å². The minimum atomic E-state index is -0.496. The van der Waals surface area contributed by atoms with Crippen LogP contribution in [0.2, 0.25) is 0 Å². The van der Waals surface area contributed by atoms with Crippen LogP contribution in [-0.4, -0.2) is 25.0 Å². The summed E-state index contributed by atoms with van der Waals surface area (Å²) in [6.07, 6.45) is 1.58. The lowest BCUT2D eigenvalue weighted by Gasteiger charge is -2.18. The third-order valence-electron chi connectivity index (χ3n) is 2.75. The van der Waals surface area contributed by atoms with Crippen molar-refractivity contribution in [3.05, 3.63) is 52.4 Å². The topological polar surface area (TPSA) is 42.4 Å². The highest BCUT2D eigenvalue weighted by molar-refractivity contribution is 9.10. The summed E-state index contributed by atoms with van der Waals surface area (Å²) in [5.74, 6) is -0.120. The second-order valence-corrected chi connectivity index (χ2v) is 4.96. The van der Waals surface area contributed by atoms with Crippen LogP contribution in [0.5, 0.6) is 5.75 Å². The number of rotatable bonds is 3. The molecule has 1 amide bonds. The Morgan fingerprint density at radius 1 is 1.35 bits per heavy atom. The summed E-state index contributed by atoms with van der Waals surface area (Å²) < 4.78 is 19.2. The minimum Gasteiger partial charge on any atom is -0.496 e. The molecule has 6 heteroatoms. The molecule has 0 aliphatic carbocycles. The molecule has 1 heterocycles. The molecule has 0 fully saturated rings. The maximum atomic E-state index is 13.3. The van der Waals surface area contributed by atoms with Crippen LogP contribution in [0.3, 0.4) is 0 Å². The molecule has 0 bridgehead atoms. The number of hydrogen-bond acceptors (Lipinski definition) is 3. The number of ether oxygens (including phenoxy) is 1. The van der Waals surface area contributed by atoms with E-state index in [0.717, 1.165) is 10.5 Å². The minimum absolute atomic E-state index is 0.150. The molecular formula is C14H12BrFN2O2. The van der Waals surface area contributed by atoms with E-state index in [1.165, 1.54) is 24.1 Å². The number of anilines is 1. The van der Waals surface area contributed by atoms with Crippen LogP contribution in [-0.2, 0) is 0 Å². The highest BCUT2D eigenvalue weighted by Crippen LogP contribution is 2.23. The third-order valence-corrected chi connectivity index (χ3v) is 3.24. The van der Waals surface area contributed by atoms with Gasteiger partial charge in [-0.05, 0) is 30.3 Å². The van der Waals surface area contributed by atoms with Gasteiger partial charge in [0.05, 0.1) is 12.7 Å². The number of carbonyl (C=O) groups is 1. The van der Waals surface area contributed by atoms with Crippen molar-refractivity contribution in [2.24, 2.45) is 0 Å². The Balaban J connectivity index is 2.38. The first kappa shape index (κ1) is 14.5. The van der Waals surface area contributed by atoms with Crippen LogP contribution in [0.1, 0.15) is 10.4 Å². The van der Waals surface area contributed by atoms with Gasteiger partial charge in [0.25, 0.3) is 5.91 Å². The van der Waals surface area contributed by atoms with Crippen LogP contribution in [0.25, 0.3) is 0 Å². The Morgan fingerprint density at radius 2 is 2.10 bits per heavy atom. The van der Waals surface area contributed by atoms with E-state index in [1.54, 1.807) is 25.4 Å². The molecule has 2 rings (SSSR count). The summed E-state index contributed by atoms with van der Waals surface area (Å²) in [5, 5.41) is 0. The summed E-state index contributed by atoms with van der Waals surface area (Å²) in [4.78, 5) is 17.9. The van der Waals surface area contributed by atoms with Gasteiger partial charge in [0.1, 0.15) is 17.4 Å². The maximum absolute atomic E-state index is 13.3. The van der Waals surface area contributed by atoms with Crippen LogP contribution >= 0.6 is 15.9 Å². The predicted octanol–water partition coefficient (Wildman–Crippen LogP) is 3.27. The van der Waals surface area contributed by atoms with E-state index in [-0.39, 0.29) is 5.56 Å². The van der Waals surface area contributed by atoms with E-state index in [1.807, 2.05) is 0 Å². The molecule has 20 heavy (non-hydrogen) atoms. The van der Waals surface area contributed by atoms with E-state index in [2.05, 4.69) is 20.9 Å². The van der Waals surface area contributed by atoms with Crippen molar-refractivity contribution in [1.29, 1.82) is 0 Å². The summed E-state index contributed by atoms with van der Waals surface area (Å²) in [5.41, 5.74) is 0.150. The fourth-order valence-electron chi connectivity index (χ4n) is 1.71. The first-order valence-corrected chi connectivity index (χ1v) is 6.55. The van der Waals surface area contributed by atoms with Gasteiger partial charge in [-0.15, -0.1) is 0 Å². The van der Waals surface area contributed by atoms with Crippen LogP contribution in [0, 0.1) is 5.82 Å². The monoisotopic (exact) mass is 338 g/mol. The molecule has 2 aromatic rings. The molecule has 0 spiro atoms. The van der Waals surface area contributed by atoms with Crippen molar-refractivity contribution in [1.82, 2.24) is 4.98 Å². The summed E-state index contributed by atoms with van der Waals surface area (Å²) in [7, 11) is 3.00. The zero-order valence-corrected chi connectivity index (χ0v) is 12.5. The van der Waals surface area contributed by atoms with Crippen molar-refractivity contribution < 1.29 is 13.9 Å². The lowest BCUT2D eigenvalue weighted by atomic mass is 10.1. The van der Waals surface area contributed by atoms with Crippen molar-refractivity contribution in [3.8, 4) is 5.75 Å². The molecule has 104 valence electrons. The number of methoxy groups -OCH3 is 1. The quantitative estimate of drug-likeness (QED) is 0.862. The Morgan fingerprint density at radius 3 is 2.75 bits per heavy atom. The van der Waals surface area contributed by atoms with Gasteiger partial charge in [-0.25, -0.2) is 9.37 Å². The highest BCUT2D eigenvalue weighted by Gasteiger charge is 2.19. The van der Waals surface area contributed by atoms with Crippen molar-refractivity contribution in [2.45, 2.75) is 0 Å². The number of hydrogen-bond donors (Lipinski definition) is 0. The first-order valence-electron chi connectivity index (χ1n) is 5.76.